The Bertz CT molecular complexity index is 911. The van der Waals surface area contributed by atoms with E-state index in [-0.39, 0.29) is 41.0 Å². The molecule has 3 fully saturated rings. The first-order valence-corrected chi connectivity index (χ1v) is 14.5. The maximum absolute atomic E-state index is 13.0. The van der Waals surface area contributed by atoms with Crippen LogP contribution in [0, 0.1) is 39.4 Å². The molecule has 10 atom stereocenters. The number of rotatable bonds is 6. The monoisotopic (exact) mass is 502 g/mol. The smallest absolute Gasteiger partial charge is 0.308 e. The molecule has 204 valence electrons. The largest absolute Gasteiger partial charge is 0.461 e. The molecule has 4 aliphatic carbocycles. The zero-order valence-electron chi connectivity index (χ0n) is 23.7. The summed E-state index contributed by atoms with van der Waals surface area (Å²) in [5.41, 5.74) is 0.421. The van der Waals surface area contributed by atoms with Crippen LogP contribution >= 0.6 is 0 Å². The summed E-state index contributed by atoms with van der Waals surface area (Å²) >= 11 is 0. The van der Waals surface area contributed by atoms with Crippen molar-refractivity contribution in [3.05, 3.63) is 11.6 Å². The van der Waals surface area contributed by atoms with Crippen LogP contribution < -0.4 is 0 Å². The standard InChI is InChI=1S/C31H50O5/c1-8-20(33)15-27(35)36-26-17-25-29(5)13-10-12-28(4,9-2)23(29)11-14-30(25,6)24-16-22(34)21(19(3)32)18-31(24,26)7/h18,20,22-26,33-34H,8-17H2,1-7H3/t20-,22+,23-,24-,25+,26-,28-,29-,30-,31+/m0/s1. The Hall–Kier alpha value is -1.20. The van der Waals surface area contributed by atoms with Gasteiger partial charge in [-0.3, -0.25) is 9.59 Å². The molecule has 0 radical (unpaired) electrons. The van der Waals surface area contributed by atoms with E-state index >= 15 is 0 Å². The first-order chi connectivity index (χ1) is 16.7. The fourth-order valence-corrected chi connectivity index (χ4v) is 9.83. The number of aliphatic hydroxyl groups excluding tert-OH is 2. The van der Waals surface area contributed by atoms with E-state index in [0.29, 0.717) is 35.7 Å². The third kappa shape index (κ3) is 4.21. The predicted molar refractivity (Wildman–Crippen MR) is 141 cm³/mol. The highest BCUT2D eigenvalue weighted by Crippen LogP contribution is 2.72. The van der Waals surface area contributed by atoms with E-state index in [2.05, 4.69) is 34.6 Å². The highest BCUT2D eigenvalue weighted by atomic mass is 16.5. The highest BCUT2D eigenvalue weighted by molar-refractivity contribution is 5.94. The molecule has 2 N–H and O–H groups in total. The first kappa shape index (κ1) is 27.8. The summed E-state index contributed by atoms with van der Waals surface area (Å²) in [4.78, 5) is 25.5. The third-order valence-corrected chi connectivity index (χ3v) is 12.0. The first-order valence-electron chi connectivity index (χ1n) is 14.5. The molecule has 0 unspecified atom stereocenters. The van der Waals surface area contributed by atoms with Crippen molar-refractivity contribution >= 4 is 11.8 Å². The van der Waals surface area contributed by atoms with Gasteiger partial charge in [0.2, 0.25) is 0 Å². The van der Waals surface area contributed by atoms with E-state index in [1.165, 1.54) is 39.0 Å². The molecule has 3 saturated carbocycles. The van der Waals surface area contributed by atoms with E-state index in [1.54, 1.807) is 0 Å². The summed E-state index contributed by atoms with van der Waals surface area (Å²) in [6.07, 6.45) is 9.16. The van der Waals surface area contributed by atoms with Gasteiger partial charge in [0.05, 0.1) is 18.6 Å². The second kappa shape index (κ2) is 9.52. The molecule has 0 aromatic heterocycles. The number of fused-ring (bicyclic) bond motifs is 5. The van der Waals surface area contributed by atoms with Crippen LogP contribution in [-0.2, 0) is 14.3 Å². The fourth-order valence-electron chi connectivity index (χ4n) is 9.83. The lowest BCUT2D eigenvalue weighted by atomic mass is 9.35. The van der Waals surface area contributed by atoms with Gasteiger partial charge in [0, 0.05) is 11.0 Å². The Labute approximate surface area is 218 Å². The number of hydrogen-bond acceptors (Lipinski definition) is 5. The molecule has 5 heteroatoms. The van der Waals surface area contributed by atoms with Gasteiger partial charge < -0.3 is 14.9 Å². The van der Waals surface area contributed by atoms with E-state index in [0.717, 1.165) is 12.8 Å². The lowest BCUT2D eigenvalue weighted by Gasteiger charge is -2.70. The SMILES string of the molecule is CC[C@H](O)CC(=O)O[C@H]1C[C@H]2[C@@](C)(CC[C@H]3[C@@](C)(CC)CCC[C@]23C)[C@@H]2C[C@@H](O)C(C(C)=O)=C[C@@]12C. The molecule has 4 rings (SSSR count). The Morgan fingerprint density at radius 1 is 1.03 bits per heavy atom. The number of hydrogen-bond donors (Lipinski definition) is 2. The average molecular weight is 503 g/mol. The summed E-state index contributed by atoms with van der Waals surface area (Å²) in [6.45, 7) is 15.3. The molecule has 0 saturated heterocycles. The predicted octanol–water partition coefficient (Wildman–Crippen LogP) is 6.00. The van der Waals surface area contributed by atoms with Gasteiger partial charge in [-0.1, -0.05) is 60.5 Å². The molecule has 4 aliphatic rings. The van der Waals surface area contributed by atoms with Gasteiger partial charge in [0.1, 0.15) is 6.10 Å². The summed E-state index contributed by atoms with van der Waals surface area (Å²) in [5.74, 6) is 0.662. The molecular weight excluding hydrogens is 452 g/mol. The number of aliphatic hydroxyl groups is 2. The van der Waals surface area contributed by atoms with E-state index in [9.17, 15) is 19.8 Å². The van der Waals surface area contributed by atoms with Gasteiger partial charge in [-0.05, 0) is 85.9 Å². The normalized spacial score (nSPS) is 47.0. The summed E-state index contributed by atoms with van der Waals surface area (Å²) in [5, 5.41) is 21.2. The molecule has 0 amide bonds. The van der Waals surface area contributed by atoms with Gasteiger partial charge in [0.15, 0.2) is 5.78 Å². The quantitative estimate of drug-likeness (QED) is 0.435. The minimum Gasteiger partial charge on any atom is -0.461 e. The summed E-state index contributed by atoms with van der Waals surface area (Å²) in [6, 6.07) is 0. The lowest BCUT2D eigenvalue weighted by molar-refractivity contribution is -0.229. The average Bonchev–Trinajstić information content (AvgIpc) is 2.80. The van der Waals surface area contributed by atoms with Crippen LogP contribution in [0.1, 0.15) is 113 Å². The lowest BCUT2D eigenvalue weighted by Crippen LogP contribution is -2.65. The molecule has 36 heavy (non-hydrogen) atoms. The number of Topliss-reactive ketones (excluding diaryl/α,β-unsaturated/α-hetero) is 1. The molecule has 5 nitrogen and oxygen atoms in total. The summed E-state index contributed by atoms with van der Waals surface area (Å²) < 4.78 is 6.26. The number of ether oxygens (including phenoxy) is 1. The number of carbonyl (C=O) groups excluding carboxylic acids is 2. The zero-order chi connectivity index (χ0) is 26.7. The molecule has 0 aromatic rings. The van der Waals surface area contributed by atoms with Gasteiger partial charge >= 0.3 is 5.97 Å². The van der Waals surface area contributed by atoms with Crippen LogP contribution in [0.25, 0.3) is 0 Å². The van der Waals surface area contributed by atoms with Gasteiger partial charge in [-0.2, -0.15) is 0 Å². The molecule has 0 bridgehead atoms. The van der Waals surface area contributed by atoms with Gasteiger partial charge in [-0.25, -0.2) is 0 Å². The van der Waals surface area contributed by atoms with Crippen LogP contribution in [0.5, 0.6) is 0 Å². The molecule has 0 heterocycles. The number of carbonyl (C=O) groups is 2. The minimum atomic E-state index is -0.771. The van der Waals surface area contributed by atoms with Crippen LogP contribution in [-0.4, -0.2) is 40.3 Å². The van der Waals surface area contributed by atoms with Gasteiger partial charge in [-0.15, -0.1) is 0 Å². The summed E-state index contributed by atoms with van der Waals surface area (Å²) in [7, 11) is 0. The molecule has 0 aromatic carbocycles. The Morgan fingerprint density at radius 3 is 2.31 bits per heavy atom. The Kier molecular flexibility index (Phi) is 7.36. The van der Waals surface area contributed by atoms with Gasteiger partial charge in [0.25, 0.3) is 0 Å². The van der Waals surface area contributed by atoms with Crippen LogP contribution in [0.15, 0.2) is 11.6 Å². The van der Waals surface area contributed by atoms with Crippen molar-refractivity contribution in [3.8, 4) is 0 Å². The van der Waals surface area contributed by atoms with E-state index < -0.39 is 17.6 Å². The Morgan fingerprint density at radius 2 is 1.69 bits per heavy atom. The molecular formula is C31H50O5. The van der Waals surface area contributed by atoms with Crippen molar-refractivity contribution < 1.29 is 24.5 Å². The highest BCUT2D eigenvalue weighted by Gasteiger charge is 2.67. The van der Waals surface area contributed by atoms with Crippen molar-refractivity contribution in [1.82, 2.24) is 0 Å². The maximum atomic E-state index is 13.0. The second-order valence-corrected chi connectivity index (χ2v) is 13.8. The topological polar surface area (TPSA) is 83.8 Å². The molecule has 0 spiro atoms. The fraction of sp³-hybridized carbons (Fsp3) is 0.871. The van der Waals surface area contributed by atoms with E-state index in [1.807, 2.05) is 13.0 Å². The maximum Gasteiger partial charge on any atom is 0.308 e. The second-order valence-electron chi connectivity index (χ2n) is 13.8. The van der Waals surface area contributed by atoms with E-state index in [4.69, 9.17) is 4.74 Å². The number of esters is 1. The van der Waals surface area contributed by atoms with Crippen LogP contribution in [0.4, 0.5) is 0 Å². The third-order valence-electron chi connectivity index (χ3n) is 12.0. The van der Waals surface area contributed by atoms with Crippen molar-refractivity contribution in [2.24, 2.45) is 39.4 Å². The van der Waals surface area contributed by atoms with Crippen molar-refractivity contribution in [2.75, 3.05) is 0 Å². The zero-order valence-corrected chi connectivity index (χ0v) is 23.7. The van der Waals surface area contributed by atoms with Crippen molar-refractivity contribution in [1.29, 1.82) is 0 Å². The van der Waals surface area contributed by atoms with Crippen molar-refractivity contribution in [2.45, 2.75) is 131 Å². The number of ketones is 1. The minimum absolute atomic E-state index is 0.00235. The van der Waals surface area contributed by atoms with Crippen LogP contribution in [0.3, 0.4) is 0 Å². The van der Waals surface area contributed by atoms with Crippen LogP contribution in [0.2, 0.25) is 0 Å². The van der Waals surface area contributed by atoms with Crippen molar-refractivity contribution in [3.63, 3.8) is 0 Å². The molecule has 0 aliphatic heterocycles. The Balaban J connectivity index is 1.79.